The van der Waals surface area contributed by atoms with Gasteiger partial charge in [0.05, 0.1) is 11.1 Å². The van der Waals surface area contributed by atoms with E-state index in [1.54, 1.807) is 0 Å². The van der Waals surface area contributed by atoms with Crippen LogP contribution in [0.15, 0.2) is 42.0 Å². The minimum atomic E-state index is -5.09. The van der Waals surface area contributed by atoms with Gasteiger partial charge in [0.25, 0.3) is 0 Å². The van der Waals surface area contributed by atoms with Gasteiger partial charge in [0.2, 0.25) is 6.10 Å². The average molecular weight is 423 g/mol. The van der Waals surface area contributed by atoms with Crippen LogP contribution in [-0.2, 0) is 11.0 Å². The molecule has 1 aliphatic heterocycles. The monoisotopic (exact) mass is 422 g/mol. The number of carbonyl (C=O) groups is 1. The molecular formula is C18H9ClF6O3. The van der Waals surface area contributed by atoms with Crippen LogP contribution in [0.25, 0.3) is 17.2 Å². The molecule has 3 nitrogen and oxygen atoms in total. The molecule has 1 atom stereocenters. The molecule has 2 aromatic rings. The van der Waals surface area contributed by atoms with E-state index < -0.39 is 46.9 Å². The molecule has 28 heavy (non-hydrogen) atoms. The van der Waals surface area contributed by atoms with Crippen molar-refractivity contribution in [1.29, 1.82) is 0 Å². The number of hydrogen-bond acceptors (Lipinski definition) is 2. The summed E-state index contributed by atoms with van der Waals surface area (Å²) in [6.45, 7) is 0. The molecule has 1 unspecified atom stereocenters. The first kappa shape index (κ1) is 20.1. The van der Waals surface area contributed by atoms with Crippen molar-refractivity contribution in [3.63, 3.8) is 0 Å². The van der Waals surface area contributed by atoms with E-state index in [-0.39, 0.29) is 16.1 Å². The summed E-state index contributed by atoms with van der Waals surface area (Å²) in [4.78, 5) is 11.2. The number of halogens is 7. The van der Waals surface area contributed by atoms with Gasteiger partial charge in [-0.3, -0.25) is 0 Å². The molecule has 148 valence electrons. The third kappa shape index (κ3) is 3.66. The van der Waals surface area contributed by atoms with E-state index >= 15 is 0 Å². The van der Waals surface area contributed by atoms with Gasteiger partial charge in [-0.1, -0.05) is 29.8 Å². The van der Waals surface area contributed by atoms with Crippen LogP contribution >= 0.6 is 11.6 Å². The van der Waals surface area contributed by atoms with E-state index in [0.29, 0.717) is 6.08 Å². The summed E-state index contributed by atoms with van der Waals surface area (Å²) in [7, 11) is 0. The van der Waals surface area contributed by atoms with Gasteiger partial charge in [0.1, 0.15) is 5.75 Å². The zero-order valence-electron chi connectivity index (χ0n) is 13.5. The largest absolute Gasteiger partial charge is 0.478 e. The van der Waals surface area contributed by atoms with Crippen LogP contribution in [0.5, 0.6) is 5.75 Å². The van der Waals surface area contributed by atoms with Crippen molar-refractivity contribution in [2.45, 2.75) is 18.5 Å². The molecule has 0 saturated carbocycles. The van der Waals surface area contributed by atoms with Gasteiger partial charge in [0.15, 0.2) is 0 Å². The first-order chi connectivity index (χ1) is 12.9. The molecule has 0 amide bonds. The van der Waals surface area contributed by atoms with E-state index in [1.807, 2.05) is 0 Å². The van der Waals surface area contributed by atoms with Gasteiger partial charge in [-0.25, -0.2) is 4.79 Å². The van der Waals surface area contributed by atoms with Crippen LogP contribution in [0.3, 0.4) is 0 Å². The molecule has 0 bridgehead atoms. The summed E-state index contributed by atoms with van der Waals surface area (Å²) in [5.74, 6) is -2.40. The Balaban J connectivity index is 2.30. The van der Waals surface area contributed by atoms with Crippen molar-refractivity contribution >= 4 is 23.6 Å². The lowest BCUT2D eigenvalue weighted by atomic mass is 9.93. The van der Waals surface area contributed by atoms with Crippen LogP contribution in [0, 0.1) is 0 Å². The van der Waals surface area contributed by atoms with Crippen molar-refractivity contribution in [3.8, 4) is 16.9 Å². The van der Waals surface area contributed by atoms with Crippen molar-refractivity contribution in [2.75, 3.05) is 0 Å². The summed E-state index contributed by atoms with van der Waals surface area (Å²) in [6.07, 6.45) is -12.0. The zero-order chi connectivity index (χ0) is 20.9. The van der Waals surface area contributed by atoms with E-state index in [4.69, 9.17) is 21.4 Å². The van der Waals surface area contributed by atoms with Crippen LogP contribution in [-0.4, -0.2) is 23.4 Å². The third-order valence-corrected chi connectivity index (χ3v) is 4.20. The molecule has 10 heteroatoms. The van der Waals surface area contributed by atoms with E-state index in [9.17, 15) is 31.1 Å². The highest BCUT2D eigenvalue weighted by Crippen LogP contribution is 2.47. The highest BCUT2D eigenvalue weighted by Gasteiger charge is 2.49. The number of alkyl halides is 6. The number of fused-ring (bicyclic) bond motifs is 1. The fourth-order valence-corrected chi connectivity index (χ4v) is 3.09. The predicted molar refractivity (Wildman–Crippen MR) is 88.0 cm³/mol. The Bertz CT molecular complexity index is 978. The van der Waals surface area contributed by atoms with Crippen molar-refractivity contribution < 1.29 is 41.0 Å². The van der Waals surface area contributed by atoms with Gasteiger partial charge < -0.3 is 9.84 Å². The summed E-state index contributed by atoms with van der Waals surface area (Å²) in [5, 5.41) is 8.98. The number of carboxylic acid groups (broad SMARTS) is 1. The highest BCUT2D eigenvalue weighted by atomic mass is 35.5. The molecule has 0 aliphatic carbocycles. The van der Waals surface area contributed by atoms with Gasteiger partial charge in [0, 0.05) is 16.1 Å². The lowest BCUT2D eigenvalue weighted by Crippen LogP contribution is -2.40. The second-order valence-electron chi connectivity index (χ2n) is 5.86. The Kier molecular flexibility index (Phi) is 4.82. The maximum Gasteiger partial charge on any atom is 0.430 e. The molecule has 0 spiro atoms. The van der Waals surface area contributed by atoms with Crippen molar-refractivity contribution in [3.05, 3.63) is 58.1 Å². The standard InChI is InChI=1S/C18H9ClF6O3/c19-9-5-8-6-12(16(26)27)15(18(23,24)25)28-14(8)11(7-9)10-3-1-2-4-13(10)17(20,21)22/h1-7,15H,(H,26,27). The Hall–Kier alpha value is -2.68. The molecule has 0 fully saturated rings. The van der Waals surface area contributed by atoms with Crippen LogP contribution in [0.1, 0.15) is 11.1 Å². The van der Waals surface area contributed by atoms with Gasteiger partial charge in [-0.05, 0) is 29.8 Å². The topological polar surface area (TPSA) is 46.5 Å². The second-order valence-corrected chi connectivity index (χ2v) is 6.30. The first-order valence-corrected chi connectivity index (χ1v) is 7.96. The molecular weight excluding hydrogens is 414 g/mol. The number of aliphatic carboxylic acids is 1. The average Bonchev–Trinajstić information content (AvgIpc) is 2.58. The lowest BCUT2D eigenvalue weighted by Gasteiger charge is -2.29. The Morgan fingerprint density at radius 3 is 2.25 bits per heavy atom. The Morgan fingerprint density at radius 2 is 1.68 bits per heavy atom. The minimum absolute atomic E-state index is 0.0965. The molecule has 1 N–H and O–H groups in total. The lowest BCUT2D eigenvalue weighted by molar-refractivity contribution is -0.187. The van der Waals surface area contributed by atoms with Crippen LogP contribution in [0.4, 0.5) is 26.3 Å². The number of hydrogen-bond donors (Lipinski definition) is 1. The fraction of sp³-hybridized carbons (Fsp3) is 0.167. The van der Waals surface area contributed by atoms with Gasteiger partial charge in [-0.15, -0.1) is 0 Å². The summed E-state index contributed by atoms with van der Waals surface area (Å²) in [6, 6.07) is 6.40. The number of carboxylic acids is 1. The fourth-order valence-electron chi connectivity index (χ4n) is 2.86. The third-order valence-electron chi connectivity index (χ3n) is 3.98. The molecule has 0 aromatic heterocycles. The molecule has 0 saturated heterocycles. The number of benzene rings is 2. The predicted octanol–water partition coefficient (Wildman–Crippen LogP) is 5.82. The van der Waals surface area contributed by atoms with Gasteiger partial charge >= 0.3 is 18.3 Å². The maximum atomic E-state index is 13.4. The first-order valence-electron chi connectivity index (χ1n) is 7.58. The molecule has 1 heterocycles. The number of ether oxygens (including phenoxy) is 1. The summed E-state index contributed by atoms with van der Waals surface area (Å²) >= 11 is 5.92. The van der Waals surface area contributed by atoms with E-state index in [1.165, 1.54) is 6.07 Å². The molecule has 2 aromatic carbocycles. The Labute approximate surface area is 158 Å². The molecule has 1 aliphatic rings. The molecule has 3 rings (SSSR count). The Morgan fingerprint density at radius 1 is 1.04 bits per heavy atom. The smallest absolute Gasteiger partial charge is 0.430 e. The summed E-state index contributed by atoms with van der Waals surface area (Å²) < 4.78 is 84.8. The van der Waals surface area contributed by atoms with E-state index in [0.717, 1.165) is 30.3 Å². The maximum absolute atomic E-state index is 13.4. The summed E-state index contributed by atoms with van der Waals surface area (Å²) in [5.41, 5.74) is -3.14. The molecule has 0 radical (unpaired) electrons. The highest BCUT2D eigenvalue weighted by molar-refractivity contribution is 6.31. The SMILES string of the molecule is O=C(O)C1=Cc2cc(Cl)cc(-c3ccccc3C(F)(F)F)c2OC1C(F)(F)F. The van der Waals surface area contributed by atoms with E-state index in [2.05, 4.69) is 0 Å². The van der Waals surface area contributed by atoms with Crippen LogP contribution < -0.4 is 4.74 Å². The van der Waals surface area contributed by atoms with Gasteiger partial charge in [-0.2, -0.15) is 26.3 Å². The number of rotatable bonds is 2. The normalized spacial score (nSPS) is 16.8. The van der Waals surface area contributed by atoms with Crippen molar-refractivity contribution in [1.82, 2.24) is 0 Å². The quantitative estimate of drug-likeness (QED) is 0.621. The minimum Gasteiger partial charge on any atom is -0.478 e. The van der Waals surface area contributed by atoms with Crippen LogP contribution in [0.2, 0.25) is 5.02 Å². The second kappa shape index (κ2) is 6.73. The zero-order valence-corrected chi connectivity index (χ0v) is 14.3. The van der Waals surface area contributed by atoms with Crippen molar-refractivity contribution in [2.24, 2.45) is 0 Å².